The topological polar surface area (TPSA) is 122 Å². The van der Waals surface area contributed by atoms with Crippen LogP contribution in [0.25, 0.3) is 22.4 Å². The molecule has 10 heteroatoms. The number of imidazole rings is 1. The highest BCUT2D eigenvalue weighted by atomic mass is 16.6. The third-order valence-electron chi connectivity index (χ3n) is 4.82. The Morgan fingerprint density at radius 1 is 1.25 bits per heavy atom. The molecule has 28 heavy (non-hydrogen) atoms. The molecule has 1 aliphatic heterocycles. The first-order valence-corrected chi connectivity index (χ1v) is 9.28. The Morgan fingerprint density at radius 2 is 2.00 bits per heavy atom. The van der Waals surface area contributed by atoms with Gasteiger partial charge >= 0.3 is 11.8 Å². The van der Waals surface area contributed by atoms with E-state index in [0.29, 0.717) is 31.8 Å². The molecule has 0 spiro atoms. The fourth-order valence-electron chi connectivity index (χ4n) is 3.56. The summed E-state index contributed by atoms with van der Waals surface area (Å²) in [7, 11) is 0. The monoisotopic (exact) mass is 385 g/mol. The summed E-state index contributed by atoms with van der Waals surface area (Å²) in [4.78, 5) is 29.5. The fraction of sp³-hybridized carbons (Fsp3) is 0.500. The van der Waals surface area contributed by atoms with Crippen LogP contribution in [-0.4, -0.2) is 59.9 Å². The van der Waals surface area contributed by atoms with Crippen LogP contribution in [0.2, 0.25) is 0 Å². The molecule has 1 aromatic carbocycles. The highest BCUT2D eigenvalue weighted by Crippen LogP contribution is 2.27. The number of hydrogen-bond acceptors (Lipinski definition) is 6. The van der Waals surface area contributed by atoms with Crippen molar-refractivity contribution in [2.24, 2.45) is 0 Å². The van der Waals surface area contributed by atoms with Crippen LogP contribution in [0.15, 0.2) is 23.0 Å². The van der Waals surface area contributed by atoms with Crippen molar-refractivity contribution in [2.45, 2.75) is 45.3 Å². The number of nitrogens with zero attached hydrogens (tertiary/aromatic N) is 5. The Hall–Kier alpha value is -3.17. The number of nitrogens with one attached hydrogen (secondary N) is 2. The number of hydrogen-bond donors (Lipinski definition) is 2. The van der Waals surface area contributed by atoms with E-state index in [1.807, 2.05) is 39.0 Å². The molecule has 4 rings (SSSR count). The molecule has 0 radical (unpaired) electrons. The van der Waals surface area contributed by atoms with Crippen molar-refractivity contribution in [1.29, 1.82) is 0 Å². The number of tetrazole rings is 1. The number of fused-ring (bicyclic) bond motifs is 1. The molecule has 1 amide bonds. The number of rotatable bonds is 2. The summed E-state index contributed by atoms with van der Waals surface area (Å²) in [6.07, 6.45) is 1.09. The summed E-state index contributed by atoms with van der Waals surface area (Å²) in [5.41, 5.74) is 1.69. The molecule has 148 valence electrons. The number of ether oxygens (including phenoxy) is 1. The van der Waals surface area contributed by atoms with Crippen molar-refractivity contribution >= 4 is 17.1 Å². The molecule has 3 aromatic rings. The summed E-state index contributed by atoms with van der Waals surface area (Å²) < 4.78 is 7.22. The molecule has 3 heterocycles. The smallest absolute Gasteiger partial charge is 0.410 e. The van der Waals surface area contributed by atoms with Crippen LogP contribution in [0.5, 0.6) is 0 Å². The van der Waals surface area contributed by atoms with Crippen LogP contribution in [0, 0.1) is 0 Å². The minimum atomic E-state index is -0.515. The lowest BCUT2D eigenvalue weighted by Crippen LogP contribution is -2.43. The van der Waals surface area contributed by atoms with Crippen LogP contribution in [-0.2, 0) is 4.74 Å². The summed E-state index contributed by atoms with van der Waals surface area (Å²) in [5, 5.41) is 13.8. The summed E-state index contributed by atoms with van der Waals surface area (Å²) >= 11 is 0. The zero-order valence-corrected chi connectivity index (χ0v) is 16.1. The lowest BCUT2D eigenvalue weighted by Gasteiger charge is -2.33. The lowest BCUT2D eigenvalue weighted by atomic mass is 10.0. The van der Waals surface area contributed by atoms with Gasteiger partial charge in [0, 0.05) is 24.7 Å². The highest BCUT2D eigenvalue weighted by molar-refractivity contribution is 5.80. The van der Waals surface area contributed by atoms with Gasteiger partial charge in [-0.15, -0.1) is 5.10 Å². The third-order valence-corrected chi connectivity index (χ3v) is 4.82. The van der Waals surface area contributed by atoms with Crippen LogP contribution in [0.1, 0.15) is 39.7 Å². The maximum Gasteiger partial charge on any atom is 0.410 e. The number of aromatic nitrogens is 6. The second-order valence-corrected chi connectivity index (χ2v) is 7.98. The van der Waals surface area contributed by atoms with Gasteiger partial charge in [-0.1, -0.05) is 0 Å². The highest BCUT2D eigenvalue weighted by Gasteiger charge is 2.29. The SMILES string of the molecule is CC(C)(C)OC(=O)N1CCC(n2c(=O)[nH]c3cc(-c4nnn[nH]4)ccc32)CC1. The van der Waals surface area contributed by atoms with Gasteiger partial charge in [-0.3, -0.25) is 4.57 Å². The quantitative estimate of drug-likeness (QED) is 0.696. The predicted molar refractivity (Wildman–Crippen MR) is 102 cm³/mol. The molecule has 1 saturated heterocycles. The number of benzene rings is 1. The van der Waals surface area contributed by atoms with E-state index < -0.39 is 5.60 Å². The van der Waals surface area contributed by atoms with Crippen molar-refractivity contribution in [1.82, 2.24) is 35.1 Å². The summed E-state index contributed by atoms with van der Waals surface area (Å²) in [6.45, 7) is 6.67. The standard InChI is InChI=1S/C18H23N7O3/c1-18(2,3)28-17(27)24-8-6-12(7-9-24)25-14-5-4-11(15-20-22-23-21-15)10-13(14)19-16(25)26/h4-5,10,12H,6-9H2,1-3H3,(H,19,26)(H,20,21,22,23). The largest absolute Gasteiger partial charge is 0.444 e. The molecule has 1 fully saturated rings. The van der Waals surface area contributed by atoms with E-state index in [1.165, 1.54) is 0 Å². The van der Waals surface area contributed by atoms with Crippen LogP contribution in [0.3, 0.4) is 0 Å². The minimum absolute atomic E-state index is 0.0257. The molecule has 1 aliphatic rings. The van der Waals surface area contributed by atoms with E-state index in [0.717, 1.165) is 16.6 Å². The molecule has 10 nitrogen and oxygen atoms in total. The van der Waals surface area contributed by atoms with E-state index in [1.54, 1.807) is 9.47 Å². The average Bonchev–Trinajstić information content (AvgIpc) is 3.27. The lowest BCUT2D eigenvalue weighted by molar-refractivity contribution is 0.0189. The zero-order valence-electron chi connectivity index (χ0n) is 16.1. The van der Waals surface area contributed by atoms with Gasteiger partial charge < -0.3 is 14.6 Å². The maximum absolute atomic E-state index is 12.6. The van der Waals surface area contributed by atoms with Gasteiger partial charge in [-0.2, -0.15) is 0 Å². The Labute approximate surface area is 160 Å². The van der Waals surface area contributed by atoms with Gasteiger partial charge in [-0.05, 0) is 62.2 Å². The summed E-state index contributed by atoms with van der Waals surface area (Å²) in [6, 6.07) is 5.65. The number of carbonyl (C=O) groups is 1. The molecule has 0 atom stereocenters. The Kier molecular flexibility index (Phi) is 4.40. The molecular formula is C18H23N7O3. The minimum Gasteiger partial charge on any atom is -0.444 e. The van der Waals surface area contributed by atoms with Crippen molar-refractivity contribution in [2.75, 3.05) is 13.1 Å². The second kappa shape index (κ2) is 6.77. The van der Waals surface area contributed by atoms with Gasteiger partial charge in [0.15, 0.2) is 5.82 Å². The van der Waals surface area contributed by atoms with E-state index in [9.17, 15) is 9.59 Å². The molecule has 0 saturated carbocycles. The van der Waals surface area contributed by atoms with E-state index in [-0.39, 0.29) is 17.8 Å². The Morgan fingerprint density at radius 3 is 2.64 bits per heavy atom. The third kappa shape index (κ3) is 3.49. The average molecular weight is 385 g/mol. The fourth-order valence-corrected chi connectivity index (χ4v) is 3.56. The molecule has 0 bridgehead atoms. The van der Waals surface area contributed by atoms with Gasteiger partial charge in [0.2, 0.25) is 0 Å². The zero-order chi connectivity index (χ0) is 19.9. The molecule has 2 aromatic heterocycles. The number of carbonyl (C=O) groups excluding carboxylic acids is 1. The van der Waals surface area contributed by atoms with Gasteiger partial charge in [0.1, 0.15) is 5.60 Å². The normalized spacial score (nSPS) is 15.9. The first-order chi connectivity index (χ1) is 13.3. The van der Waals surface area contributed by atoms with Crippen LogP contribution >= 0.6 is 0 Å². The Balaban J connectivity index is 1.53. The van der Waals surface area contributed by atoms with Crippen molar-refractivity contribution in [3.8, 4) is 11.4 Å². The first-order valence-electron chi connectivity index (χ1n) is 9.28. The van der Waals surface area contributed by atoms with Gasteiger partial charge in [0.05, 0.1) is 11.0 Å². The van der Waals surface area contributed by atoms with E-state index in [2.05, 4.69) is 25.6 Å². The van der Waals surface area contributed by atoms with Crippen molar-refractivity contribution < 1.29 is 9.53 Å². The molecule has 0 aliphatic carbocycles. The van der Waals surface area contributed by atoms with E-state index in [4.69, 9.17) is 4.74 Å². The van der Waals surface area contributed by atoms with Crippen LogP contribution < -0.4 is 5.69 Å². The van der Waals surface area contributed by atoms with Crippen molar-refractivity contribution in [3.05, 3.63) is 28.7 Å². The summed E-state index contributed by atoms with van der Waals surface area (Å²) in [5.74, 6) is 0.543. The number of amides is 1. The number of likely N-dealkylation sites (tertiary alicyclic amines) is 1. The molecular weight excluding hydrogens is 362 g/mol. The Bertz CT molecular complexity index is 1040. The van der Waals surface area contributed by atoms with Gasteiger partial charge in [0.25, 0.3) is 0 Å². The number of H-pyrrole nitrogens is 2. The van der Waals surface area contributed by atoms with Gasteiger partial charge in [-0.25, -0.2) is 14.7 Å². The second-order valence-electron chi connectivity index (χ2n) is 7.98. The first kappa shape index (κ1) is 18.2. The van der Waals surface area contributed by atoms with Crippen molar-refractivity contribution in [3.63, 3.8) is 0 Å². The van der Waals surface area contributed by atoms with Crippen LogP contribution in [0.4, 0.5) is 4.79 Å². The molecule has 0 unspecified atom stereocenters. The number of aromatic amines is 2. The predicted octanol–water partition coefficient (Wildman–Crippen LogP) is 2.08. The number of piperidine rings is 1. The maximum atomic E-state index is 12.6. The van der Waals surface area contributed by atoms with E-state index >= 15 is 0 Å². The molecule has 2 N–H and O–H groups in total.